The van der Waals surface area contributed by atoms with Crippen molar-refractivity contribution in [1.82, 2.24) is 5.32 Å². The van der Waals surface area contributed by atoms with E-state index in [1.165, 1.54) is 257 Å². The fourth-order valence-corrected chi connectivity index (χ4v) is 9.78. The molecule has 418 valence electrons. The topological polar surface area (TPSA) is 95.9 Å². The lowest BCUT2D eigenvalue weighted by Gasteiger charge is -2.20. The lowest BCUT2D eigenvalue weighted by molar-refractivity contribution is -0.143. The molecule has 0 radical (unpaired) electrons. The number of nitrogens with one attached hydrogen (secondary N) is 1. The van der Waals surface area contributed by atoms with Crippen LogP contribution in [0.4, 0.5) is 0 Å². The predicted molar refractivity (Wildman–Crippen MR) is 310 cm³/mol. The van der Waals surface area contributed by atoms with E-state index in [-0.39, 0.29) is 18.5 Å². The summed E-state index contributed by atoms with van der Waals surface area (Å²) < 4.78 is 5.46. The number of ether oxygens (including phenoxy) is 1. The molecule has 0 aliphatic carbocycles. The number of rotatable bonds is 59. The van der Waals surface area contributed by atoms with E-state index in [1.807, 2.05) is 6.08 Å². The summed E-state index contributed by atoms with van der Waals surface area (Å²) >= 11 is 0. The molecule has 71 heavy (non-hydrogen) atoms. The van der Waals surface area contributed by atoms with Gasteiger partial charge in [0.05, 0.1) is 25.4 Å². The molecule has 6 heteroatoms. The summed E-state index contributed by atoms with van der Waals surface area (Å²) in [5.41, 5.74) is 0. The van der Waals surface area contributed by atoms with Gasteiger partial charge >= 0.3 is 5.97 Å². The zero-order valence-corrected chi connectivity index (χ0v) is 47.7. The molecule has 0 rings (SSSR count). The molecule has 0 aromatic rings. The van der Waals surface area contributed by atoms with E-state index < -0.39 is 12.1 Å². The van der Waals surface area contributed by atoms with E-state index in [0.29, 0.717) is 19.4 Å². The first-order chi connectivity index (χ1) is 35.0. The maximum Gasteiger partial charge on any atom is 0.305 e. The highest BCUT2D eigenvalue weighted by molar-refractivity contribution is 5.76. The van der Waals surface area contributed by atoms with Crippen molar-refractivity contribution >= 4 is 11.9 Å². The summed E-state index contributed by atoms with van der Waals surface area (Å²) in [4.78, 5) is 24.5. The molecule has 0 bridgehead atoms. The van der Waals surface area contributed by atoms with Crippen LogP contribution in [0.1, 0.15) is 341 Å². The molecule has 0 spiro atoms. The number of aliphatic hydroxyl groups is 2. The third-order valence-electron chi connectivity index (χ3n) is 14.7. The number of hydrogen-bond acceptors (Lipinski definition) is 5. The monoisotopic (exact) mass is 998 g/mol. The molecule has 0 fully saturated rings. The molecule has 0 aliphatic rings. The minimum atomic E-state index is -0.852. The van der Waals surface area contributed by atoms with Crippen LogP contribution in [0, 0.1) is 0 Å². The Kier molecular flexibility index (Phi) is 59.0. The molecule has 1 amide bonds. The quantitative estimate of drug-likeness (QED) is 0.0321. The number of hydrogen-bond donors (Lipinski definition) is 3. The maximum atomic E-state index is 12.5. The zero-order chi connectivity index (χ0) is 51.4. The van der Waals surface area contributed by atoms with Gasteiger partial charge in [0.25, 0.3) is 0 Å². The molecule has 2 unspecified atom stereocenters. The number of allylic oxidation sites excluding steroid dienone is 5. The Morgan fingerprint density at radius 2 is 0.704 bits per heavy atom. The van der Waals surface area contributed by atoms with E-state index in [0.717, 1.165) is 57.8 Å². The summed E-state index contributed by atoms with van der Waals surface area (Å²) in [5.74, 6) is -0.0696. The summed E-state index contributed by atoms with van der Waals surface area (Å²) in [6, 6.07) is -0.636. The van der Waals surface area contributed by atoms with Crippen molar-refractivity contribution in [3.63, 3.8) is 0 Å². The van der Waals surface area contributed by atoms with Crippen LogP contribution in [-0.2, 0) is 14.3 Å². The zero-order valence-electron chi connectivity index (χ0n) is 47.7. The molecule has 0 saturated heterocycles. The Morgan fingerprint density at radius 1 is 0.394 bits per heavy atom. The standard InChI is InChI=1S/C65H123NO5/c1-3-5-7-9-11-13-15-16-17-18-19-25-28-31-34-38-41-45-49-53-57-63(68)62(61-67)66-64(69)58-54-50-46-42-39-35-32-29-26-23-21-20-22-24-27-30-33-36-40-44-48-52-56-60-71-65(70)59-55-51-47-43-37-14-12-10-8-6-4-2/h20,22-23,26,53,57,62-63,67-68H,3-19,21,24-25,27-52,54-56,58-61H2,1-2H3,(H,66,69)/b22-20-,26-23-,57-53+. The van der Waals surface area contributed by atoms with E-state index >= 15 is 0 Å². The van der Waals surface area contributed by atoms with E-state index in [9.17, 15) is 19.8 Å². The molecule has 0 heterocycles. The first kappa shape index (κ1) is 69.1. The molecule has 2 atom stereocenters. The highest BCUT2D eigenvalue weighted by Gasteiger charge is 2.18. The van der Waals surface area contributed by atoms with E-state index in [4.69, 9.17) is 4.74 Å². The lowest BCUT2D eigenvalue weighted by atomic mass is 10.0. The van der Waals surface area contributed by atoms with Crippen molar-refractivity contribution in [2.24, 2.45) is 0 Å². The van der Waals surface area contributed by atoms with Gasteiger partial charge in [-0.3, -0.25) is 9.59 Å². The van der Waals surface area contributed by atoms with Gasteiger partial charge in [-0.05, 0) is 64.2 Å². The fraction of sp³-hybridized carbons (Fsp3) is 0.877. The second kappa shape index (κ2) is 60.6. The van der Waals surface area contributed by atoms with Crippen molar-refractivity contribution in [3.05, 3.63) is 36.5 Å². The SMILES string of the molecule is CCCCCCCCCCCCCCCCCCCC/C=C/C(O)C(CO)NC(=O)CCCCCCCCC/C=C\C/C=C\CCCCCCCCCCCOC(=O)CCCCCCCCCCCCC. The van der Waals surface area contributed by atoms with Crippen LogP contribution in [0.25, 0.3) is 0 Å². The first-order valence-corrected chi connectivity index (χ1v) is 31.8. The molecule has 0 aromatic heterocycles. The molecule has 0 aromatic carbocycles. The molecule has 0 aliphatic heterocycles. The lowest BCUT2D eigenvalue weighted by Crippen LogP contribution is -2.45. The Labute approximate surface area is 443 Å². The Bertz CT molecular complexity index is 1150. The van der Waals surface area contributed by atoms with Gasteiger partial charge < -0.3 is 20.3 Å². The van der Waals surface area contributed by atoms with Crippen LogP contribution in [0.5, 0.6) is 0 Å². The van der Waals surface area contributed by atoms with E-state index in [1.54, 1.807) is 6.08 Å². The highest BCUT2D eigenvalue weighted by Crippen LogP contribution is 2.17. The molecule has 6 nitrogen and oxygen atoms in total. The average molecular weight is 999 g/mol. The average Bonchev–Trinajstić information content (AvgIpc) is 3.37. The van der Waals surface area contributed by atoms with Crippen LogP contribution in [-0.4, -0.2) is 47.4 Å². The van der Waals surface area contributed by atoms with Gasteiger partial charge in [0.15, 0.2) is 0 Å². The van der Waals surface area contributed by atoms with Gasteiger partial charge in [0.2, 0.25) is 5.91 Å². The van der Waals surface area contributed by atoms with Crippen LogP contribution < -0.4 is 5.32 Å². The second-order valence-electron chi connectivity index (χ2n) is 21.7. The van der Waals surface area contributed by atoms with Crippen LogP contribution in [0.2, 0.25) is 0 Å². The summed E-state index contributed by atoms with van der Waals surface area (Å²) in [6.07, 6.45) is 76.2. The van der Waals surface area contributed by atoms with Crippen LogP contribution in [0.15, 0.2) is 36.5 Å². The number of carbonyl (C=O) groups is 2. The predicted octanol–water partition coefficient (Wildman–Crippen LogP) is 20.0. The normalized spacial score (nSPS) is 12.8. The van der Waals surface area contributed by atoms with Crippen molar-refractivity contribution < 1.29 is 24.5 Å². The number of unbranched alkanes of at least 4 members (excludes halogenated alkanes) is 44. The van der Waals surface area contributed by atoms with Gasteiger partial charge in [0.1, 0.15) is 0 Å². The van der Waals surface area contributed by atoms with Gasteiger partial charge in [-0.2, -0.15) is 0 Å². The largest absolute Gasteiger partial charge is 0.466 e. The van der Waals surface area contributed by atoms with Gasteiger partial charge in [-0.25, -0.2) is 0 Å². The first-order valence-electron chi connectivity index (χ1n) is 31.8. The third kappa shape index (κ3) is 57.2. The molecule has 0 saturated carbocycles. The summed E-state index contributed by atoms with van der Waals surface area (Å²) in [6.45, 7) is 4.91. The molecule has 3 N–H and O–H groups in total. The van der Waals surface area contributed by atoms with Crippen LogP contribution in [0.3, 0.4) is 0 Å². The van der Waals surface area contributed by atoms with Crippen molar-refractivity contribution in [2.75, 3.05) is 13.2 Å². The number of aliphatic hydroxyl groups excluding tert-OH is 2. The minimum Gasteiger partial charge on any atom is -0.466 e. The molecular formula is C65H123NO5. The van der Waals surface area contributed by atoms with Gasteiger partial charge in [-0.1, -0.05) is 301 Å². The Hall–Kier alpha value is -1.92. The summed E-state index contributed by atoms with van der Waals surface area (Å²) in [7, 11) is 0. The van der Waals surface area contributed by atoms with Crippen LogP contribution >= 0.6 is 0 Å². The Balaban J connectivity index is 3.49. The minimum absolute atomic E-state index is 0.00631. The fourth-order valence-electron chi connectivity index (χ4n) is 9.78. The number of amides is 1. The Morgan fingerprint density at radius 3 is 1.07 bits per heavy atom. The van der Waals surface area contributed by atoms with Gasteiger partial charge in [0, 0.05) is 12.8 Å². The van der Waals surface area contributed by atoms with Crippen molar-refractivity contribution in [1.29, 1.82) is 0 Å². The second-order valence-corrected chi connectivity index (χ2v) is 21.7. The number of carbonyl (C=O) groups excluding carboxylic acids is 2. The van der Waals surface area contributed by atoms with Gasteiger partial charge in [-0.15, -0.1) is 0 Å². The number of esters is 1. The maximum absolute atomic E-state index is 12.5. The van der Waals surface area contributed by atoms with E-state index in [2.05, 4.69) is 43.5 Å². The molecular weight excluding hydrogens is 875 g/mol. The van der Waals surface area contributed by atoms with Crippen molar-refractivity contribution in [3.8, 4) is 0 Å². The smallest absolute Gasteiger partial charge is 0.305 e. The highest BCUT2D eigenvalue weighted by atomic mass is 16.5. The summed E-state index contributed by atoms with van der Waals surface area (Å²) in [5, 5.41) is 23.2. The third-order valence-corrected chi connectivity index (χ3v) is 14.7. The van der Waals surface area contributed by atoms with Crippen molar-refractivity contribution in [2.45, 2.75) is 353 Å².